The average molecular weight is 297 g/mol. The number of hydrogen-bond donors (Lipinski definition) is 1. The second-order valence-corrected chi connectivity index (χ2v) is 5.19. The molecule has 1 saturated heterocycles. The van der Waals surface area contributed by atoms with Crippen LogP contribution >= 0.6 is 0 Å². The van der Waals surface area contributed by atoms with Crippen LogP contribution in [0.3, 0.4) is 0 Å². The topological polar surface area (TPSA) is 94.6 Å². The van der Waals surface area contributed by atoms with Gasteiger partial charge in [0.15, 0.2) is 5.69 Å². The summed E-state index contributed by atoms with van der Waals surface area (Å²) in [6.45, 7) is 2.02. The van der Waals surface area contributed by atoms with E-state index >= 15 is 0 Å². The molecule has 8 nitrogen and oxygen atoms in total. The van der Waals surface area contributed by atoms with Gasteiger partial charge < -0.3 is 9.84 Å². The molecule has 0 radical (unpaired) electrons. The molecule has 1 fully saturated rings. The van der Waals surface area contributed by atoms with Gasteiger partial charge in [-0.3, -0.25) is 9.67 Å². The van der Waals surface area contributed by atoms with E-state index in [0.717, 1.165) is 25.9 Å². The van der Waals surface area contributed by atoms with Crippen molar-refractivity contribution in [1.82, 2.24) is 35.2 Å². The van der Waals surface area contributed by atoms with E-state index in [0.29, 0.717) is 29.1 Å². The van der Waals surface area contributed by atoms with Crippen molar-refractivity contribution in [3.8, 4) is 23.1 Å². The quantitative estimate of drug-likeness (QED) is 0.778. The van der Waals surface area contributed by atoms with Gasteiger partial charge in [-0.1, -0.05) is 5.16 Å². The Kier molecular flexibility index (Phi) is 3.36. The van der Waals surface area contributed by atoms with Crippen LogP contribution in [0.25, 0.3) is 23.1 Å². The summed E-state index contributed by atoms with van der Waals surface area (Å²) >= 11 is 0. The van der Waals surface area contributed by atoms with Crippen LogP contribution in [0.4, 0.5) is 0 Å². The summed E-state index contributed by atoms with van der Waals surface area (Å²) in [5.41, 5.74) is 1.25. The van der Waals surface area contributed by atoms with E-state index in [2.05, 4.69) is 30.5 Å². The highest BCUT2D eigenvalue weighted by Crippen LogP contribution is 2.21. The van der Waals surface area contributed by atoms with E-state index < -0.39 is 0 Å². The first-order valence-electron chi connectivity index (χ1n) is 7.26. The molecule has 1 atom stereocenters. The Bertz CT molecular complexity index is 745. The van der Waals surface area contributed by atoms with Crippen LogP contribution < -0.4 is 5.32 Å². The van der Waals surface area contributed by atoms with E-state index in [-0.39, 0.29) is 0 Å². The Hall–Kier alpha value is -2.61. The fourth-order valence-electron chi connectivity index (χ4n) is 2.56. The van der Waals surface area contributed by atoms with Crippen molar-refractivity contribution in [3.05, 3.63) is 30.9 Å². The number of hydrogen-bond acceptors (Lipinski definition) is 7. The van der Waals surface area contributed by atoms with Gasteiger partial charge in [0, 0.05) is 25.1 Å². The van der Waals surface area contributed by atoms with E-state index in [4.69, 9.17) is 4.52 Å². The van der Waals surface area contributed by atoms with Crippen molar-refractivity contribution in [1.29, 1.82) is 0 Å². The largest absolute Gasteiger partial charge is 0.332 e. The third-order valence-electron chi connectivity index (χ3n) is 3.69. The van der Waals surface area contributed by atoms with Gasteiger partial charge in [-0.15, -0.1) is 0 Å². The Balaban J connectivity index is 1.58. The monoisotopic (exact) mass is 297 g/mol. The normalized spacial score (nSPS) is 18.5. The molecule has 0 bridgehead atoms. The molecule has 1 aliphatic heterocycles. The number of nitrogens with one attached hydrogen (secondary N) is 1. The van der Waals surface area contributed by atoms with E-state index in [9.17, 15) is 0 Å². The molecule has 1 N–H and O–H groups in total. The highest BCUT2D eigenvalue weighted by atomic mass is 16.5. The van der Waals surface area contributed by atoms with E-state index in [1.807, 2.05) is 16.9 Å². The molecule has 0 aromatic carbocycles. The lowest BCUT2D eigenvalue weighted by atomic mass is 10.1. The molecule has 3 aromatic rings. The number of piperidine rings is 1. The van der Waals surface area contributed by atoms with E-state index in [1.54, 1.807) is 18.6 Å². The number of rotatable bonds is 3. The first kappa shape index (κ1) is 13.1. The average Bonchev–Trinajstić information content (AvgIpc) is 3.26. The predicted molar refractivity (Wildman–Crippen MR) is 77.7 cm³/mol. The summed E-state index contributed by atoms with van der Waals surface area (Å²) in [4.78, 5) is 12.5. The Morgan fingerprint density at radius 3 is 3.09 bits per heavy atom. The third-order valence-corrected chi connectivity index (χ3v) is 3.69. The van der Waals surface area contributed by atoms with Gasteiger partial charge >= 0.3 is 0 Å². The van der Waals surface area contributed by atoms with Crippen molar-refractivity contribution in [2.45, 2.75) is 18.9 Å². The van der Waals surface area contributed by atoms with Crippen LogP contribution in [0.15, 0.2) is 35.4 Å². The van der Waals surface area contributed by atoms with Crippen molar-refractivity contribution >= 4 is 0 Å². The first-order chi connectivity index (χ1) is 10.9. The lowest BCUT2D eigenvalue weighted by Gasteiger charge is -2.22. The summed E-state index contributed by atoms with van der Waals surface area (Å²) in [5, 5.41) is 11.9. The maximum atomic E-state index is 5.29. The zero-order chi connectivity index (χ0) is 14.8. The van der Waals surface area contributed by atoms with Gasteiger partial charge in [0.2, 0.25) is 5.82 Å². The molecule has 22 heavy (non-hydrogen) atoms. The van der Waals surface area contributed by atoms with Gasteiger partial charge in [-0.05, 0) is 25.5 Å². The minimum Gasteiger partial charge on any atom is -0.332 e. The van der Waals surface area contributed by atoms with E-state index in [1.165, 1.54) is 0 Å². The molecule has 1 unspecified atom stereocenters. The van der Waals surface area contributed by atoms with Gasteiger partial charge in [0.05, 0.1) is 12.2 Å². The fourth-order valence-corrected chi connectivity index (χ4v) is 2.56. The fraction of sp³-hybridized carbons (Fsp3) is 0.357. The molecule has 0 saturated carbocycles. The molecule has 8 heteroatoms. The molecule has 112 valence electrons. The zero-order valence-electron chi connectivity index (χ0n) is 11.9. The van der Waals surface area contributed by atoms with Gasteiger partial charge in [0.1, 0.15) is 5.69 Å². The smallest absolute Gasteiger partial charge is 0.278 e. The highest BCUT2D eigenvalue weighted by molar-refractivity contribution is 5.52. The summed E-state index contributed by atoms with van der Waals surface area (Å²) < 4.78 is 7.25. The molecule has 0 amide bonds. The van der Waals surface area contributed by atoms with Crippen LogP contribution in [0, 0.1) is 0 Å². The molecule has 4 heterocycles. The summed E-state index contributed by atoms with van der Waals surface area (Å²) in [6, 6.07) is 2.27. The molecule has 1 aliphatic rings. The lowest BCUT2D eigenvalue weighted by Crippen LogP contribution is -2.31. The van der Waals surface area contributed by atoms with Crippen LogP contribution in [0.5, 0.6) is 0 Å². The minimum absolute atomic E-state index is 0.380. The van der Waals surface area contributed by atoms with Crippen LogP contribution in [0.1, 0.15) is 18.9 Å². The second-order valence-electron chi connectivity index (χ2n) is 5.19. The van der Waals surface area contributed by atoms with Crippen LogP contribution in [0.2, 0.25) is 0 Å². The standard InChI is InChI=1S/C14H15N7O/c1-2-10(8-15-4-1)21-7-3-11(19-21)14-18-13(20-22-14)12-9-16-5-6-17-12/h3,5-7,9-10,15H,1-2,4,8H2. The molecule has 0 aliphatic carbocycles. The molecule has 0 spiro atoms. The summed E-state index contributed by atoms with van der Waals surface area (Å²) in [7, 11) is 0. The Morgan fingerprint density at radius 2 is 2.27 bits per heavy atom. The number of nitrogens with zero attached hydrogens (tertiary/aromatic N) is 6. The first-order valence-corrected chi connectivity index (χ1v) is 7.26. The SMILES string of the molecule is c1cnc(-c2noc(-c3ccn(C4CCCNC4)n3)n2)cn1. The van der Waals surface area contributed by atoms with Gasteiger partial charge in [-0.25, -0.2) is 4.98 Å². The third kappa shape index (κ3) is 2.48. The number of aromatic nitrogens is 6. The molecule has 3 aromatic heterocycles. The second kappa shape index (κ2) is 5.64. The maximum absolute atomic E-state index is 5.29. The van der Waals surface area contributed by atoms with Crippen molar-refractivity contribution in [2.75, 3.05) is 13.1 Å². The maximum Gasteiger partial charge on any atom is 0.278 e. The van der Waals surface area contributed by atoms with Crippen molar-refractivity contribution < 1.29 is 4.52 Å². The Labute approximate surface area is 126 Å². The van der Waals surface area contributed by atoms with Crippen molar-refractivity contribution in [3.63, 3.8) is 0 Å². The van der Waals surface area contributed by atoms with Gasteiger partial charge in [-0.2, -0.15) is 10.1 Å². The van der Waals surface area contributed by atoms with Crippen molar-refractivity contribution in [2.24, 2.45) is 0 Å². The molecular weight excluding hydrogens is 282 g/mol. The van der Waals surface area contributed by atoms with Crippen LogP contribution in [-0.2, 0) is 0 Å². The predicted octanol–water partition coefficient (Wildman–Crippen LogP) is 1.31. The summed E-state index contributed by atoms with van der Waals surface area (Å²) in [5.74, 6) is 0.806. The lowest BCUT2D eigenvalue weighted by molar-refractivity contribution is 0.346. The zero-order valence-corrected chi connectivity index (χ0v) is 11.9. The molecule has 4 rings (SSSR count). The Morgan fingerprint density at radius 1 is 1.27 bits per heavy atom. The van der Waals surface area contributed by atoms with Gasteiger partial charge in [0.25, 0.3) is 5.89 Å². The van der Waals surface area contributed by atoms with Crippen LogP contribution in [-0.4, -0.2) is 43.0 Å². The minimum atomic E-state index is 0.380. The molecular formula is C14H15N7O. The summed E-state index contributed by atoms with van der Waals surface area (Å²) in [6.07, 6.45) is 9.04. The highest BCUT2D eigenvalue weighted by Gasteiger charge is 2.18.